The third kappa shape index (κ3) is 3.74. The van der Waals surface area contributed by atoms with Crippen LogP contribution in [0.15, 0.2) is 35.7 Å². The van der Waals surface area contributed by atoms with Gasteiger partial charge in [0, 0.05) is 19.3 Å². The van der Waals surface area contributed by atoms with Crippen molar-refractivity contribution in [3.05, 3.63) is 36.2 Å². The van der Waals surface area contributed by atoms with E-state index in [1.54, 1.807) is 18.4 Å². The maximum absolute atomic E-state index is 12.1. The largest absolute Gasteiger partial charge is 0.342 e. The van der Waals surface area contributed by atoms with E-state index < -0.39 is 6.04 Å². The summed E-state index contributed by atoms with van der Waals surface area (Å²) in [6.45, 7) is 2.47. The van der Waals surface area contributed by atoms with Gasteiger partial charge in [-0.1, -0.05) is 29.5 Å². The molecule has 1 aromatic carbocycles. The van der Waals surface area contributed by atoms with E-state index in [0.717, 1.165) is 5.69 Å². The van der Waals surface area contributed by atoms with E-state index in [4.69, 9.17) is 0 Å². The molecular weight excluding hydrogens is 328 g/mol. The number of amides is 2. The number of thioether (sulfide) groups is 1. The highest BCUT2D eigenvalue weighted by molar-refractivity contribution is 7.99. The second-order valence-electron chi connectivity index (χ2n) is 5.58. The summed E-state index contributed by atoms with van der Waals surface area (Å²) in [6, 6.07) is 7.44. The van der Waals surface area contributed by atoms with Crippen LogP contribution in [0.5, 0.6) is 0 Å². The second-order valence-corrected chi connectivity index (χ2v) is 6.53. The Hall–Kier alpha value is -2.39. The van der Waals surface area contributed by atoms with E-state index in [1.165, 1.54) is 17.3 Å². The number of aryl methyl sites for hydroxylation is 1. The van der Waals surface area contributed by atoms with Crippen molar-refractivity contribution in [1.29, 1.82) is 0 Å². The molecule has 1 unspecified atom stereocenters. The number of carbonyl (C=O) groups excluding carboxylic acids is 2. The lowest BCUT2D eigenvalue weighted by Gasteiger charge is -2.10. The molecule has 2 N–H and O–H groups in total. The Bertz CT molecular complexity index is 745. The summed E-state index contributed by atoms with van der Waals surface area (Å²) in [5.41, 5.74) is 4.73. The third-order valence-corrected chi connectivity index (χ3v) is 4.51. The first-order valence-corrected chi connectivity index (χ1v) is 8.42. The van der Waals surface area contributed by atoms with Gasteiger partial charge in [0.25, 0.3) is 5.91 Å². The summed E-state index contributed by atoms with van der Waals surface area (Å²) in [6.07, 6.45) is 1.62. The summed E-state index contributed by atoms with van der Waals surface area (Å²) in [5.74, 6) is -0.245. The highest BCUT2D eigenvalue weighted by Gasteiger charge is 2.29. The molecule has 8 nitrogen and oxygen atoms in total. The average Bonchev–Trinajstić information content (AvgIpc) is 3.13. The van der Waals surface area contributed by atoms with Gasteiger partial charge in [-0.3, -0.25) is 19.6 Å². The number of benzene rings is 1. The fourth-order valence-electron chi connectivity index (χ4n) is 2.35. The monoisotopic (exact) mass is 346 g/mol. The van der Waals surface area contributed by atoms with Gasteiger partial charge in [-0.05, 0) is 19.1 Å². The van der Waals surface area contributed by atoms with Crippen LogP contribution >= 0.6 is 11.8 Å². The molecule has 1 fully saturated rings. The van der Waals surface area contributed by atoms with E-state index in [0.29, 0.717) is 11.7 Å². The standard InChI is InChI=1S/C15H18N6O2S/c1-10-3-5-11(6-4-10)21-9-16-18-15(21)24-8-13(22)17-12-7-20(2)19-14(12)23/h3-6,9,12H,7-8H2,1-2H3,(H,17,22)(H,19,23). The summed E-state index contributed by atoms with van der Waals surface area (Å²) in [5, 5.41) is 13.0. The Morgan fingerprint density at radius 1 is 1.42 bits per heavy atom. The van der Waals surface area contributed by atoms with Gasteiger partial charge >= 0.3 is 0 Å². The number of hydrazine groups is 1. The van der Waals surface area contributed by atoms with Gasteiger partial charge in [0.05, 0.1) is 5.75 Å². The Balaban J connectivity index is 1.59. The van der Waals surface area contributed by atoms with E-state index in [-0.39, 0.29) is 17.6 Å². The van der Waals surface area contributed by atoms with E-state index in [2.05, 4.69) is 20.9 Å². The van der Waals surface area contributed by atoms with Crippen molar-refractivity contribution >= 4 is 23.6 Å². The van der Waals surface area contributed by atoms with Gasteiger partial charge in [-0.15, -0.1) is 10.2 Å². The lowest BCUT2D eigenvalue weighted by atomic mass is 10.2. The Morgan fingerprint density at radius 2 is 2.17 bits per heavy atom. The van der Waals surface area contributed by atoms with Crippen molar-refractivity contribution in [1.82, 2.24) is 30.5 Å². The molecule has 2 aromatic rings. The number of carbonyl (C=O) groups is 2. The Labute approximate surface area is 143 Å². The maximum atomic E-state index is 12.1. The number of hydrogen-bond acceptors (Lipinski definition) is 6. The average molecular weight is 346 g/mol. The lowest BCUT2D eigenvalue weighted by Crippen LogP contribution is -2.42. The lowest BCUT2D eigenvalue weighted by molar-refractivity contribution is -0.126. The van der Waals surface area contributed by atoms with Gasteiger partial charge in [0.1, 0.15) is 12.4 Å². The smallest absolute Gasteiger partial charge is 0.258 e. The minimum absolute atomic E-state index is 0.165. The van der Waals surface area contributed by atoms with Gasteiger partial charge in [-0.2, -0.15) is 0 Å². The zero-order chi connectivity index (χ0) is 17.1. The fourth-order valence-corrected chi connectivity index (χ4v) is 3.09. The Morgan fingerprint density at radius 3 is 2.83 bits per heavy atom. The van der Waals surface area contributed by atoms with Crippen LogP contribution in [0.1, 0.15) is 5.56 Å². The zero-order valence-corrected chi connectivity index (χ0v) is 14.2. The first kappa shape index (κ1) is 16.5. The number of rotatable bonds is 5. The molecule has 126 valence electrons. The molecule has 1 saturated heterocycles. The molecule has 0 bridgehead atoms. The van der Waals surface area contributed by atoms with Crippen LogP contribution in [-0.4, -0.2) is 57.0 Å². The first-order valence-electron chi connectivity index (χ1n) is 7.44. The van der Waals surface area contributed by atoms with Gasteiger partial charge in [0.15, 0.2) is 5.16 Å². The second kappa shape index (κ2) is 7.02. The molecule has 1 aliphatic heterocycles. The molecule has 2 heterocycles. The predicted octanol–water partition coefficient (Wildman–Crippen LogP) is 0.129. The van der Waals surface area contributed by atoms with Crippen LogP contribution in [0.4, 0.5) is 0 Å². The number of likely N-dealkylation sites (N-methyl/N-ethyl adjacent to an activating group) is 1. The molecule has 0 aliphatic carbocycles. The number of nitrogens with one attached hydrogen (secondary N) is 2. The summed E-state index contributed by atoms with van der Waals surface area (Å²) < 4.78 is 1.83. The molecule has 0 spiro atoms. The molecule has 3 rings (SSSR count). The molecule has 0 saturated carbocycles. The molecule has 2 amide bonds. The van der Waals surface area contributed by atoms with Gasteiger partial charge < -0.3 is 5.32 Å². The SMILES string of the molecule is Cc1ccc(-n2cnnc2SCC(=O)NC2CN(C)NC2=O)cc1. The summed E-state index contributed by atoms with van der Waals surface area (Å²) in [7, 11) is 1.75. The normalized spacial score (nSPS) is 17.8. The number of nitrogens with zero attached hydrogens (tertiary/aromatic N) is 4. The predicted molar refractivity (Wildman–Crippen MR) is 89.5 cm³/mol. The topological polar surface area (TPSA) is 92.2 Å². The van der Waals surface area contributed by atoms with Crippen LogP contribution in [-0.2, 0) is 9.59 Å². The van der Waals surface area contributed by atoms with Gasteiger partial charge in [0.2, 0.25) is 5.91 Å². The Kier molecular flexibility index (Phi) is 4.81. The van der Waals surface area contributed by atoms with Crippen LogP contribution in [0.3, 0.4) is 0 Å². The summed E-state index contributed by atoms with van der Waals surface area (Å²) in [4.78, 5) is 23.7. The quantitative estimate of drug-likeness (QED) is 0.748. The van der Waals surface area contributed by atoms with E-state index >= 15 is 0 Å². The number of hydrogen-bond donors (Lipinski definition) is 2. The van der Waals surface area contributed by atoms with Crippen molar-refractivity contribution in [3.63, 3.8) is 0 Å². The molecule has 9 heteroatoms. The van der Waals surface area contributed by atoms with Crippen molar-refractivity contribution in [2.75, 3.05) is 19.3 Å². The van der Waals surface area contributed by atoms with E-state index in [9.17, 15) is 9.59 Å². The van der Waals surface area contributed by atoms with Gasteiger partial charge in [-0.25, -0.2) is 5.01 Å². The summed E-state index contributed by atoms with van der Waals surface area (Å²) >= 11 is 1.28. The maximum Gasteiger partial charge on any atom is 0.258 e. The minimum atomic E-state index is -0.516. The van der Waals surface area contributed by atoms with E-state index in [1.807, 2.05) is 35.8 Å². The molecule has 1 aliphatic rings. The van der Waals surface area contributed by atoms with Crippen molar-refractivity contribution in [3.8, 4) is 5.69 Å². The van der Waals surface area contributed by atoms with Crippen molar-refractivity contribution in [2.45, 2.75) is 18.1 Å². The minimum Gasteiger partial charge on any atom is -0.342 e. The van der Waals surface area contributed by atoms with Crippen LogP contribution < -0.4 is 10.7 Å². The highest BCUT2D eigenvalue weighted by atomic mass is 32.2. The highest BCUT2D eigenvalue weighted by Crippen LogP contribution is 2.19. The zero-order valence-electron chi connectivity index (χ0n) is 13.4. The van der Waals surface area contributed by atoms with Crippen LogP contribution in [0.2, 0.25) is 0 Å². The van der Waals surface area contributed by atoms with Crippen molar-refractivity contribution in [2.24, 2.45) is 0 Å². The van der Waals surface area contributed by atoms with Crippen molar-refractivity contribution < 1.29 is 9.59 Å². The molecule has 1 aromatic heterocycles. The molecular formula is C15H18N6O2S. The molecule has 24 heavy (non-hydrogen) atoms. The van der Waals surface area contributed by atoms with Crippen LogP contribution in [0.25, 0.3) is 5.69 Å². The molecule has 0 radical (unpaired) electrons. The van der Waals surface area contributed by atoms with Crippen LogP contribution in [0, 0.1) is 6.92 Å². The molecule has 1 atom stereocenters. The third-order valence-electron chi connectivity index (χ3n) is 3.57. The number of aromatic nitrogens is 3. The fraction of sp³-hybridized carbons (Fsp3) is 0.333. The first-order chi connectivity index (χ1) is 11.5.